The number of carbonyl (C=O) groups is 2. The summed E-state index contributed by atoms with van der Waals surface area (Å²) >= 11 is 0. The Balaban J connectivity index is 1.31. The maximum atomic E-state index is 13.0. The van der Waals surface area contributed by atoms with Gasteiger partial charge in [0.25, 0.3) is 0 Å². The predicted molar refractivity (Wildman–Crippen MR) is 136 cm³/mol. The molecule has 4 aromatic rings. The van der Waals surface area contributed by atoms with Crippen molar-refractivity contribution in [1.29, 1.82) is 0 Å². The lowest BCUT2D eigenvalue weighted by atomic mass is 9.77. The van der Waals surface area contributed by atoms with E-state index in [2.05, 4.69) is 24.5 Å². The van der Waals surface area contributed by atoms with E-state index in [-0.39, 0.29) is 29.9 Å². The zero-order valence-electron chi connectivity index (χ0n) is 20.3. The highest BCUT2D eigenvalue weighted by Crippen LogP contribution is 2.33. The van der Waals surface area contributed by atoms with Crippen molar-refractivity contribution >= 4 is 17.3 Å². The van der Waals surface area contributed by atoms with Crippen LogP contribution in [0.4, 0.5) is 0 Å². The Kier molecular flexibility index (Phi) is 6.53. The predicted octanol–water partition coefficient (Wildman–Crippen LogP) is 6.09. The van der Waals surface area contributed by atoms with Gasteiger partial charge in [-0.3, -0.25) is 9.59 Å². The Morgan fingerprint density at radius 3 is 2.49 bits per heavy atom. The van der Waals surface area contributed by atoms with Crippen LogP contribution >= 0.6 is 0 Å². The van der Waals surface area contributed by atoms with Gasteiger partial charge in [0.05, 0.1) is 5.69 Å². The number of hydrogen-bond acceptors (Lipinski definition) is 4. The number of amides is 1. The van der Waals surface area contributed by atoms with E-state index in [4.69, 9.17) is 9.40 Å². The lowest BCUT2D eigenvalue weighted by Crippen LogP contribution is -2.35. The van der Waals surface area contributed by atoms with Crippen molar-refractivity contribution in [3.8, 4) is 22.6 Å². The van der Waals surface area contributed by atoms with Crippen LogP contribution in [-0.4, -0.2) is 28.1 Å². The minimum atomic E-state index is -0.296. The van der Waals surface area contributed by atoms with Gasteiger partial charge < -0.3 is 14.1 Å². The molecule has 0 saturated heterocycles. The number of ketones is 1. The average Bonchev–Trinajstić information content (AvgIpc) is 3.55. The molecule has 1 N–H and O–H groups in total. The maximum Gasteiger partial charge on any atom is 0.223 e. The topological polar surface area (TPSA) is 76.6 Å². The van der Waals surface area contributed by atoms with E-state index in [0.29, 0.717) is 11.5 Å². The van der Waals surface area contributed by atoms with E-state index in [1.807, 2.05) is 47.0 Å². The third-order valence-corrected chi connectivity index (χ3v) is 7.15. The second-order valence-electron chi connectivity index (χ2n) is 9.59. The molecule has 0 radical (unpaired) electrons. The molecule has 3 aromatic heterocycles. The second kappa shape index (κ2) is 9.90. The summed E-state index contributed by atoms with van der Waals surface area (Å²) in [7, 11) is 1.64. The highest BCUT2D eigenvalue weighted by Gasteiger charge is 2.32. The summed E-state index contributed by atoms with van der Waals surface area (Å²) in [5, 5.41) is 2.75. The number of aromatic nitrogens is 2. The van der Waals surface area contributed by atoms with E-state index in [9.17, 15) is 9.59 Å². The molecule has 1 amide bonds. The molecular formula is C29H31N3O3. The molecule has 180 valence electrons. The smallest absolute Gasteiger partial charge is 0.223 e. The molecule has 1 saturated carbocycles. The molecule has 1 fully saturated rings. The number of benzene rings is 1. The van der Waals surface area contributed by atoms with Crippen molar-refractivity contribution in [1.82, 2.24) is 14.7 Å². The first-order chi connectivity index (χ1) is 17.0. The molecule has 1 atom stereocenters. The summed E-state index contributed by atoms with van der Waals surface area (Å²) in [6.45, 7) is 2.06. The Hall–Kier alpha value is -3.67. The molecule has 0 aliphatic heterocycles. The number of imidazole rings is 1. The van der Waals surface area contributed by atoms with Crippen LogP contribution in [0.25, 0.3) is 28.2 Å². The van der Waals surface area contributed by atoms with Gasteiger partial charge in [-0.15, -0.1) is 0 Å². The minimum Gasteiger partial charge on any atom is -0.453 e. The van der Waals surface area contributed by atoms with Crippen LogP contribution in [0.2, 0.25) is 0 Å². The number of Topliss-reactive ketones (excluding diaryl/α,β-unsaturated/α-hetero) is 1. The van der Waals surface area contributed by atoms with Gasteiger partial charge in [0, 0.05) is 42.9 Å². The second-order valence-corrected chi connectivity index (χ2v) is 9.59. The first kappa shape index (κ1) is 23.1. The monoisotopic (exact) mass is 469 g/mol. The van der Waals surface area contributed by atoms with E-state index in [1.165, 1.54) is 12.0 Å². The van der Waals surface area contributed by atoms with Crippen molar-refractivity contribution in [2.24, 2.45) is 11.8 Å². The van der Waals surface area contributed by atoms with Crippen molar-refractivity contribution in [3.05, 3.63) is 72.2 Å². The zero-order valence-corrected chi connectivity index (χ0v) is 20.3. The Morgan fingerprint density at radius 1 is 1.00 bits per heavy atom. The number of fused-ring (bicyclic) bond motifs is 1. The van der Waals surface area contributed by atoms with Crippen molar-refractivity contribution < 1.29 is 14.0 Å². The third-order valence-electron chi connectivity index (χ3n) is 7.15. The largest absolute Gasteiger partial charge is 0.453 e. The Labute approximate surface area is 205 Å². The van der Waals surface area contributed by atoms with Crippen LogP contribution in [0.5, 0.6) is 0 Å². The molecule has 6 heteroatoms. The SMILES string of the molecule is CNC(=O)[C@@H](CC(=O)c1ccc(-c2ccc(-c3cn4cc(C)ccc4n3)cc2)o1)C1CCCCC1. The van der Waals surface area contributed by atoms with E-state index >= 15 is 0 Å². The van der Waals surface area contributed by atoms with Gasteiger partial charge in [-0.2, -0.15) is 0 Å². The molecule has 0 bridgehead atoms. The van der Waals surface area contributed by atoms with Gasteiger partial charge in [-0.05, 0) is 49.4 Å². The number of furan rings is 1. The van der Waals surface area contributed by atoms with E-state index in [0.717, 1.165) is 48.2 Å². The minimum absolute atomic E-state index is 0.0466. The van der Waals surface area contributed by atoms with Gasteiger partial charge >= 0.3 is 0 Å². The fourth-order valence-corrected chi connectivity index (χ4v) is 5.19. The van der Waals surface area contributed by atoms with Crippen LogP contribution in [0.1, 0.15) is 54.6 Å². The first-order valence-electron chi connectivity index (χ1n) is 12.4. The number of rotatable bonds is 7. The lowest BCUT2D eigenvalue weighted by molar-refractivity contribution is -0.126. The number of aryl methyl sites for hydroxylation is 1. The van der Waals surface area contributed by atoms with Crippen molar-refractivity contribution in [3.63, 3.8) is 0 Å². The lowest BCUT2D eigenvalue weighted by Gasteiger charge is -2.28. The van der Waals surface area contributed by atoms with Crippen LogP contribution < -0.4 is 5.32 Å². The average molecular weight is 470 g/mol. The van der Waals surface area contributed by atoms with Crippen LogP contribution in [0.3, 0.4) is 0 Å². The summed E-state index contributed by atoms with van der Waals surface area (Å²) in [6.07, 6.45) is 9.75. The summed E-state index contributed by atoms with van der Waals surface area (Å²) < 4.78 is 7.97. The Bertz CT molecular complexity index is 1340. The van der Waals surface area contributed by atoms with Crippen molar-refractivity contribution in [2.75, 3.05) is 7.05 Å². The molecule has 3 heterocycles. The fraction of sp³-hybridized carbons (Fsp3) is 0.345. The van der Waals surface area contributed by atoms with Gasteiger partial charge in [0.2, 0.25) is 5.91 Å². The highest BCUT2D eigenvalue weighted by molar-refractivity contribution is 5.97. The third kappa shape index (κ3) is 4.92. The van der Waals surface area contributed by atoms with Crippen LogP contribution in [0.15, 0.2) is 65.3 Å². The maximum absolute atomic E-state index is 13.0. The zero-order chi connectivity index (χ0) is 24.4. The molecule has 6 nitrogen and oxygen atoms in total. The molecule has 5 rings (SSSR count). The Morgan fingerprint density at radius 2 is 1.74 bits per heavy atom. The van der Waals surface area contributed by atoms with Crippen molar-refractivity contribution in [2.45, 2.75) is 45.4 Å². The van der Waals surface area contributed by atoms with Gasteiger partial charge in [-0.25, -0.2) is 4.98 Å². The van der Waals surface area contributed by atoms with E-state index < -0.39 is 0 Å². The first-order valence-corrected chi connectivity index (χ1v) is 12.4. The van der Waals surface area contributed by atoms with Crippen LogP contribution in [0, 0.1) is 18.8 Å². The molecule has 0 unspecified atom stereocenters. The highest BCUT2D eigenvalue weighted by atomic mass is 16.3. The molecular weight excluding hydrogens is 438 g/mol. The molecule has 1 aromatic carbocycles. The van der Waals surface area contributed by atoms with Gasteiger partial charge in [-0.1, -0.05) is 49.6 Å². The normalized spacial score (nSPS) is 15.3. The summed E-state index contributed by atoms with van der Waals surface area (Å²) in [5.74, 6) is 0.749. The van der Waals surface area contributed by atoms with E-state index in [1.54, 1.807) is 13.1 Å². The molecule has 0 spiro atoms. The number of pyridine rings is 1. The number of nitrogens with zero attached hydrogens (tertiary/aromatic N) is 2. The number of nitrogens with one attached hydrogen (secondary N) is 1. The summed E-state index contributed by atoms with van der Waals surface area (Å²) in [5.41, 5.74) is 4.90. The fourth-order valence-electron chi connectivity index (χ4n) is 5.19. The summed E-state index contributed by atoms with van der Waals surface area (Å²) in [4.78, 5) is 30.3. The van der Waals surface area contributed by atoms with Gasteiger partial charge in [0.1, 0.15) is 11.4 Å². The number of carbonyl (C=O) groups excluding carboxylic acids is 2. The molecule has 1 aliphatic carbocycles. The molecule has 1 aliphatic rings. The summed E-state index contributed by atoms with van der Waals surface area (Å²) in [6, 6.07) is 15.6. The quantitative estimate of drug-likeness (QED) is 0.333. The number of hydrogen-bond donors (Lipinski definition) is 1. The van der Waals surface area contributed by atoms with Gasteiger partial charge in [0.15, 0.2) is 11.5 Å². The molecule has 35 heavy (non-hydrogen) atoms. The van der Waals surface area contributed by atoms with Crippen LogP contribution in [-0.2, 0) is 4.79 Å². The standard InChI is InChI=1S/C29H31N3O3/c1-19-8-15-28-31-24(18-32(28)17-19)21-9-11-22(12-10-21)26-13-14-27(35-26)25(33)16-23(29(34)30-2)20-6-4-3-5-7-20/h8-15,17-18,20,23H,3-7,16H2,1-2H3,(H,30,34)/t23-/m0/s1.